The molecule has 0 fully saturated rings. The summed E-state index contributed by atoms with van der Waals surface area (Å²) in [5, 5.41) is 10.8. The fourth-order valence-electron chi connectivity index (χ4n) is 2.66. The van der Waals surface area contributed by atoms with Crippen LogP contribution in [0, 0.1) is 0 Å². The van der Waals surface area contributed by atoms with Crippen LogP contribution in [0.3, 0.4) is 0 Å². The molecule has 4 rings (SSSR count). The average molecular weight is 367 g/mol. The predicted molar refractivity (Wildman–Crippen MR) is 100 cm³/mol. The first kappa shape index (κ1) is 16.5. The number of fused-ring (bicyclic) bond motifs is 3. The summed E-state index contributed by atoms with van der Waals surface area (Å²) in [4.78, 5) is 16.6. The summed E-state index contributed by atoms with van der Waals surface area (Å²) < 4.78 is 7.05. The first-order valence-corrected chi connectivity index (χ1v) is 9.07. The zero-order valence-corrected chi connectivity index (χ0v) is 14.9. The van der Waals surface area contributed by atoms with Crippen molar-refractivity contribution in [2.45, 2.75) is 11.7 Å². The van der Waals surface area contributed by atoms with Gasteiger partial charge in [0.25, 0.3) is 0 Å². The van der Waals surface area contributed by atoms with Crippen molar-refractivity contribution in [1.29, 1.82) is 0 Å². The van der Waals surface area contributed by atoms with Crippen molar-refractivity contribution in [3.8, 4) is 5.75 Å². The maximum atomic E-state index is 12.2. The number of ether oxygens (including phenoxy) is 1. The Balaban J connectivity index is 1.39. The van der Waals surface area contributed by atoms with Gasteiger partial charge in [0.15, 0.2) is 5.16 Å². The number of nitrogens with zero attached hydrogens (tertiary/aromatic N) is 3. The molecule has 0 unspecified atom stereocenters. The van der Waals surface area contributed by atoms with Crippen molar-refractivity contribution in [3.05, 3.63) is 54.1 Å². The van der Waals surface area contributed by atoms with Crippen LogP contribution in [0.2, 0.25) is 0 Å². The first-order valence-electron chi connectivity index (χ1n) is 8.08. The summed E-state index contributed by atoms with van der Waals surface area (Å²) in [5.74, 6) is 1.70. The second-order valence-corrected chi connectivity index (χ2v) is 6.62. The number of aromatic nitrogens is 4. The number of methoxy groups -OCH3 is 1. The number of hydrogen-bond acceptors (Lipinski definition) is 5. The van der Waals surface area contributed by atoms with Crippen LogP contribution in [-0.4, -0.2) is 38.4 Å². The van der Waals surface area contributed by atoms with E-state index in [0.717, 1.165) is 22.3 Å². The van der Waals surface area contributed by atoms with E-state index in [9.17, 15) is 4.79 Å². The number of rotatable bonds is 6. The van der Waals surface area contributed by atoms with Crippen molar-refractivity contribution in [2.24, 2.45) is 0 Å². The third-order valence-corrected chi connectivity index (χ3v) is 4.92. The van der Waals surface area contributed by atoms with E-state index in [-0.39, 0.29) is 11.7 Å². The van der Waals surface area contributed by atoms with E-state index in [4.69, 9.17) is 4.74 Å². The van der Waals surface area contributed by atoms with Crippen molar-refractivity contribution in [1.82, 2.24) is 24.9 Å². The smallest absolute Gasteiger partial charge is 0.231 e. The van der Waals surface area contributed by atoms with Gasteiger partial charge in [-0.1, -0.05) is 36.0 Å². The summed E-state index contributed by atoms with van der Waals surface area (Å²) in [5.41, 5.74) is 2.89. The lowest BCUT2D eigenvalue weighted by Gasteiger charge is -2.06. The van der Waals surface area contributed by atoms with Gasteiger partial charge in [-0.25, -0.2) is 10.1 Å². The molecular weight excluding hydrogens is 350 g/mol. The van der Waals surface area contributed by atoms with Gasteiger partial charge in [-0.15, -0.1) is 5.10 Å². The zero-order valence-electron chi connectivity index (χ0n) is 14.1. The molecule has 2 aromatic heterocycles. The Morgan fingerprint density at radius 2 is 2.04 bits per heavy atom. The minimum atomic E-state index is -0.0496. The highest BCUT2D eigenvalue weighted by molar-refractivity contribution is 7.99. The molecule has 0 atom stereocenters. The molecule has 132 valence electrons. The van der Waals surface area contributed by atoms with Crippen molar-refractivity contribution >= 4 is 34.5 Å². The molecule has 26 heavy (non-hydrogen) atoms. The molecule has 0 saturated heterocycles. The highest BCUT2D eigenvalue weighted by Crippen LogP contribution is 2.22. The predicted octanol–water partition coefficient (Wildman–Crippen LogP) is 2.63. The molecule has 0 radical (unpaired) electrons. The van der Waals surface area contributed by atoms with E-state index in [0.29, 0.717) is 17.5 Å². The largest absolute Gasteiger partial charge is 0.497 e. The monoisotopic (exact) mass is 367 g/mol. The summed E-state index contributed by atoms with van der Waals surface area (Å²) in [6.07, 6.45) is 0. The molecule has 0 spiro atoms. The highest BCUT2D eigenvalue weighted by Gasteiger charge is 2.13. The number of hydrogen-bond donors (Lipinski definition) is 2. The fourth-order valence-corrected chi connectivity index (χ4v) is 3.45. The van der Waals surface area contributed by atoms with Crippen LogP contribution < -0.4 is 10.1 Å². The molecule has 0 aliphatic carbocycles. The Hall–Kier alpha value is -3.00. The van der Waals surface area contributed by atoms with E-state index < -0.39 is 0 Å². The van der Waals surface area contributed by atoms with Crippen LogP contribution in [0.15, 0.2) is 53.7 Å². The minimum absolute atomic E-state index is 0.0496. The number of nitrogens with one attached hydrogen (secondary N) is 2. The first-order chi connectivity index (χ1) is 12.7. The SMILES string of the molecule is COc1ccc(CNC(=O)CSc2n[nH]c3nc4ccccc4n23)cc1. The molecule has 4 aromatic rings. The second kappa shape index (κ2) is 7.09. The van der Waals surface area contributed by atoms with Crippen LogP contribution in [0.4, 0.5) is 0 Å². The summed E-state index contributed by atoms with van der Waals surface area (Å²) in [6.45, 7) is 0.480. The molecule has 0 saturated carbocycles. The number of carbonyl (C=O) groups is 1. The molecule has 2 aromatic carbocycles. The standard InChI is InChI=1S/C18H17N5O2S/c1-25-13-8-6-12(7-9-13)10-19-16(24)11-26-18-22-21-17-20-14-4-2-3-5-15(14)23(17)18/h2-9H,10-11H2,1H3,(H,19,24)(H,20,21). The number of thioether (sulfide) groups is 1. The summed E-state index contributed by atoms with van der Waals surface area (Å²) in [7, 11) is 1.63. The zero-order chi connectivity index (χ0) is 17.9. The lowest BCUT2D eigenvalue weighted by atomic mass is 10.2. The minimum Gasteiger partial charge on any atom is -0.497 e. The summed E-state index contributed by atoms with van der Waals surface area (Å²) in [6, 6.07) is 15.5. The molecular formula is C18H17N5O2S. The van der Waals surface area contributed by atoms with Crippen LogP contribution in [0.25, 0.3) is 16.8 Å². The molecule has 1 amide bonds. The fraction of sp³-hybridized carbons (Fsp3) is 0.167. The van der Waals surface area contributed by atoms with E-state index in [2.05, 4.69) is 20.5 Å². The van der Waals surface area contributed by atoms with Gasteiger partial charge in [0, 0.05) is 6.54 Å². The Bertz CT molecular complexity index is 1050. The molecule has 0 bridgehead atoms. The van der Waals surface area contributed by atoms with Crippen LogP contribution >= 0.6 is 11.8 Å². The third-order valence-electron chi connectivity index (χ3n) is 3.98. The topological polar surface area (TPSA) is 84.3 Å². The molecule has 0 aliphatic heterocycles. The van der Waals surface area contributed by atoms with Crippen LogP contribution in [0.1, 0.15) is 5.56 Å². The number of para-hydroxylation sites is 2. The van der Waals surface area contributed by atoms with E-state index in [1.54, 1.807) is 7.11 Å². The molecule has 0 aliphatic rings. The number of amides is 1. The lowest BCUT2D eigenvalue weighted by molar-refractivity contribution is -0.118. The molecule has 8 heteroatoms. The quantitative estimate of drug-likeness (QED) is 0.512. The van der Waals surface area contributed by atoms with E-state index in [1.165, 1.54) is 11.8 Å². The Kier molecular flexibility index (Phi) is 4.49. The van der Waals surface area contributed by atoms with Gasteiger partial charge in [0.1, 0.15) is 5.75 Å². The average Bonchev–Trinajstić information content (AvgIpc) is 3.24. The summed E-state index contributed by atoms with van der Waals surface area (Å²) >= 11 is 1.37. The Morgan fingerprint density at radius 1 is 1.23 bits per heavy atom. The normalized spacial score (nSPS) is 11.1. The van der Waals surface area contributed by atoms with Gasteiger partial charge in [0.2, 0.25) is 11.7 Å². The van der Waals surface area contributed by atoms with Gasteiger partial charge in [-0.3, -0.25) is 9.20 Å². The van der Waals surface area contributed by atoms with Gasteiger partial charge < -0.3 is 10.1 Å². The second-order valence-electron chi connectivity index (χ2n) is 5.68. The van der Waals surface area contributed by atoms with Gasteiger partial charge >= 0.3 is 0 Å². The maximum Gasteiger partial charge on any atom is 0.231 e. The Labute approximate surface area is 153 Å². The van der Waals surface area contributed by atoms with Gasteiger partial charge in [0.05, 0.1) is 23.9 Å². The lowest BCUT2D eigenvalue weighted by Crippen LogP contribution is -2.24. The highest BCUT2D eigenvalue weighted by atomic mass is 32.2. The number of imidazole rings is 1. The van der Waals surface area contributed by atoms with Gasteiger partial charge in [-0.2, -0.15) is 0 Å². The number of benzene rings is 2. The van der Waals surface area contributed by atoms with Crippen LogP contribution in [0.5, 0.6) is 5.75 Å². The number of carbonyl (C=O) groups excluding carboxylic acids is 1. The van der Waals surface area contributed by atoms with Crippen molar-refractivity contribution < 1.29 is 9.53 Å². The number of H-pyrrole nitrogens is 1. The third kappa shape index (κ3) is 3.23. The Morgan fingerprint density at radius 3 is 2.85 bits per heavy atom. The molecule has 2 N–H and O–H groups in total. The van der Waals surface area contributed by atoms with E-state index >= 15 is 0 Å². The maximum absolute atomic E-state index is 12.2. The van der Waals surface area contributed by atoms with Crippen molar-refractivity contribution in [3.63, 3.8) is 0 Å². The molecule has 2 heterocycles. The number of aromatic amines is 1. The van der Waals surface area contributed by atoms with Crippen molar-refractivity contribution in [2.75, 3.05) is 12.9 Å². The van der Waals surface area contributed by atoms with E-state index in [1.807, 2.05) is 52.9 Å². The van der Waals surface area contributed by atoms with Crippen LogP contribution in [-0.2, 0) is 11.3 Å². The van der Waals surface area contributed by atoms with Gasteiger partial charge in [-0.05, 0) is 29.8 Å². The molecule has 7 nitrogen and oxygen atoms in total.